The maximum absolute atomic E-state index is 13.9. The number of rotatable bonds is 5. The molecule has 0 aliphatic heterocycles. The number of benzene rings is 2. The first-order valence-electron chi connectivity index (χ1n) is 8.30. The van der Waals surface area contributed by atoms with Crippen LogP contribution in [-0.2, 0) is 6.42 Å². The minimum Gasteiger partial charge on any atom is -0.207 e. The summed E-state index contributed by atoms with van der Waals surface area (Å²) in [5.41, 5.74) is 3.83. The van der Waals surface area contributed by atoms with E-state index in [4.69, 9.17) is 0 Å². The fourth-order valence-electron chi connectivity index (χ4n) is 2.23. The third-order valence-electron chi connectivity index (χ3n) is 3.76. The lowest BCUT2D eigenvalue weighted by molar-refractivity contribution is 0.741. The summed E-state index contributed by atoms with van der Waals surface area (Å²) in [6.45, 7) is 4.24. The SMILES string of the molecule is CCCC/C=C(/F)c1ccc(C#Cc2ccc(CC)cc2)cc1. The number of aryl methyl sites for hydroxylation is 1. The first kappa shape index (κ1) is 17.0. The summed E-state index contributed by atoms with van der Waals surface area (Å²) in [6.07, 6.45) is 5.59. The van der Waals surface area contributed by atoms with Gasteiger partial charge in [-0.05, 0) is 55.2 Å². The molecule has 0 saturated carbocycles. The highest BCUT2D eigenvalue weighted by Crippen LogP contribution is 2.18. The van der Waals surface area contributed by atoms with Crippen molar-refractivity contribution in [2.24, 2.45) is 0 Å². The van der Waals surface area contributed by atoms with Crippen LogP contribution in [0.2, 0.25) is 0 Å². The Bertz CT molecular complexity index is 694. The molecule has 0 unspecified atom stereocenters. The van der Waals surface area contributed by atoms with Crippen LogP contribution in [0, 0.1) is 11.8 Å². The highest BCUT2D eigenvalue weighted by Gasteiger charge is 1.99. The van der Waals surface area contributed by atoms with E-state index in [1.165, 1.54) is 5.56 Å². The lowest BCUT2D eigenvalue weighted by Crippen LogP contribution is -1.82. The van der Waals surface area contributed by atoms with Crippen molar-refractivity contribution in [1.82, 2.24) is 0 Å². The maximum Gasteiger partial charge on any atom is 0.126 e. The summed E-state index contributed by atoms with van der Waals surface area (Å²) >= 11 is 0. The Balaban J connectivity index is 2.05. The topological polar surface area (TPSA) is 0 Å². The highest BCUT2D eigenvalue weighted by molar-refractivity contribution is 5.60. The second-order valence-electron chi connectivity index (χ2n) is 5.57. The van der Waals surface area contributed by atoms with Crippen LogP contribution in [0.5, 0.6) is 0 Å². The number of hydrogen-bond acceptors (Lipinski definition) is 0. The molecule has 0 amide bonds. The van der Waals surface area contributed by atoms with E-state index < -0.39 is 0 Å². The normalized spacial score (nSPS) is 11.0. The summed E-state index contributed by atoms with van der Waals surface area (Å²) in [5, 5.41) is 0. The Morgan fingerprint density at radius 2 is 1.48 bits per heavy atom. The average Bonchev–Trinajstić information content (AvgIpc) is 2.61. The molecule has 0 nitrogen and oxygen atoms in total. The molecule has 0 aliphatic rings. The molecule has 23 heavy (non-hydrogen) atoms. The van der Waals surface area contributed by atoms with Gasteiger partial charge >= 0.3 is 0 Å². The number of unbranched alkanes of at least 4 members (excludes halogenated alkanes) is 2. The van der Waals surface area contributed by atoms with E-state index in [2.05, 4.69) is 37.8 Å². The Morgan fingerprint density at radius 3 is 2.00 bits per heavy atom. The second kappa shape index (κ2) is 8.96. The Hall–Kier alpha value is -2.33. The minimum absolute atomic E-state index is 0.145. The van der Waals surface area contributed by atoms with E-state index in [0.717, 1.165) is 36.8 Å². The van der Waals surface area contributed by atoms with Gasteiger partial charge in [-0.3, -0.25) is 0 Å². The molecule has 2 rings (SSSR count). The molecule has 0 fully saturated rings. The Kier molecular flexibility index (Phi) is 6.63. The molecular formula is C22H23F. The molecular weight excluding hydrogens is 283 g/mol. The minimum atomic E-state index is -0.145. The van der Waals surface area contributed by atoms with Crippen molar-refractivity contribution < 1.29 is 4.39 Å². The monoisotopic (exact) mass is 306 g/mol. The van der Waals surface area contributed by atoms with E-state index in [1.807, 2.05) is 24.3 Å². The molecule has 0 spiro atoms. The summed E-state index contributed by atoms with van der Waals surface area (Å²) in [7, 11) is 0. The van der Waals surface area contributed by atoms with Crippen molar-refractivity contribution in [3.8, 4) is 11.8 Å². The van der Waals surface area contributed by atoms with Gasteiger partial charge in [-0.25, -0.2) is 4.39 Å². The van der Waals surface area contributed by atoms with Crippen molar-refractivity contribution in [1.29, 1.82) is 0 Å². The van der Waals surface area contributed by atoms with E-state index in [-0.39, 0.29) is 5.83 Å². The number of hydrogen-bond donors (Lipinski definition) is 0. The van der Waals surface area contributed by atoms with Crippen molar-refractivity contribution >= 4 is 5.83 Å². The first-order chi connectivity index (χ1) is 11.2. The quantitative estimate of drug-likeness (QED) is 0.459. The van der Waals surface area contributed by atoms with E-state index in [1.54, 1.807) is 18.2 Å². The summed E-state index contributed by atoms with van der Waals surface area (Å²) in [6, 6.07) is 15.6. The van der Waals surface area contributed by atoms with Gasteiger partial charge in [0.05, 0.1) is 0 Å². The molecule has 2 aromatic carbocycles. The summed E-state index contributed by atoms with van der Waals surface area (Å²) in [5.74, 6) is 6.12. The Labute approximate surface area is 139 Å². The number of halogens is 1. The largest absolute Gasteiger partial charge is 0.207 e. The van der Waals surface area contributed by atoms with Gasteiger partial charge in [0.25, 0.3) is 0 Å². The van der Waals surface area contributed by atoms with Gasteiger partial charge in [-0.1, -0.05) is 56.4 Å². The fourth-order valence-corrected chi connectivity index (χ4v) is 2.23. The van der Waals surface area contributed by atoms with Crippen LogP contribution < -0.4 is 0 Å². The second-order valence-corrected chi connectivity index (χ2v) is 5.57. The molecule has 1 heteroatoms. The van der Waals surface area contributed by atoms with Crippen molar-refractivity contribution in [2.75, 3.05) is 0 Å². The van der Waals surface area contributed by atoms with Crippen LogP contribution in [-0.4, -0.2) is 0 Å². The Morgan fingerprint density at radius 1 is 0.913 bits per heavy atom. The zero-order chi connectivity index (χ0) is 16.5. The van der Waals surface area contributed by atoms with E-state index >= 15 is 0 Å². The molecule has 0 aliphatic carbocycles. The van der Waals surface area contributed by atoms with Gasteiger partial charge in [-0.15, -0.1) is 0 Å². The van der Waals surface area contributed by atoms with Crippen LogP contribution in [0.4, 0.5) is 4.39 Å². The molecule has 0 aromatic heterocycles. The van der Waals surface area contributed by atoms with Crippen molar-refractivity contribution in [3.05, 3.63) is 76.9 Å². The van der Waals surface area contributed by atoms with Crippen molar-refractivity contribution in [2.45, 2.75) is 39.5 Å². The fraction of sp³-hybridized carbons (Fsp3) is 0.273. The molecule has 0 N–H and O–H groups in total. The lowest BCUT2D eigenvalue weighted by Gasteiger charge is -1.99. The number of allylic oxidation sites excluding steroid dienone is 1. The molecule has 0 saturated heterocycles. The predicted octanol–water partition coefficient (Wildman–Crippen LogP) is 6.15. The zero-order valence-electron chi connectivity index (χ0n) is 13.9. The molecule has 2 aromatic rings. The van der Waals surface area contributed by atoms with Crippen LogP contribution >= 0.6 is 0 Å². The lowest BCUT2D eigenvalue weighted by atomic mass is 10.1. The van der Waals surface area contributed by atoms with Gasteiger partial charge in [0.15, 0.2) is 0 Å². The van der Waals surface area contributed by atoms with Crippen LogP contribution in [0.1, 0.15) is 55.4 Å². The zero-order valence-corrected chi connectivity index (χ0v) is 13.9. The average molecular weight is 306 g/mol. The van der Waals surface area contributed by atoms with Crippen LogP contribution in [0.15, 0.2) is 54.6 Å². The van der Waals surface area contributed by atoms with Crippen LogP contribution in [0.25, 0.3) is 5.83 Å². The van der Waals surface area contributed by atoms with Gasteiger partial charge in [0, 0.05) is 16.7 Å². The van der Waals surface area contributed by atoms with Gasteiger partial charge in [0.1, 0.15) is 5.83 Å². The highest BCUT2D eigenvalue weighted by atomic mass is 19.1. The standard InChI is InChI=1S/C22H23F/c1-3-5-6-7-22(23)21-16-14-20(15-17-21)13-12-19-10-8-18(4-2)9-11-19/h7-11,14-17H,3-6H2,1-2H3/b22-7+. The summed E-state index contributed by atoms with van der Waals surface area (Å²) < 4.78 is 13.9. The smallest absolute Gasteiger partial charge is 0.126 e. The summed E-state index contributed by atoms with van der Waals surface area (Å²) in [4.78, 5) is 0. The van der Waals surface area contributed by atoms with Gasteiger partial charge < -0.3 is 0 Å². The van der Waals surface area contributed by atoms with Crippen LogP contribution in [0.3, 0.4) is 0 Å². The third kappa shape index (κ3) is 5.42. The predicted molar refractivity (Wildman–Crippen MR) is 96.9 cm³/mol. The first-order valence-corrected chi connectivity index (χ1v) is 8.30. The van der Waals surface area contributed by atoms with E-state index in [0.29, 0.717) is 5.56 Å². The molecule has 0 atom stereocenters. The van der Waals surface area contributed by atoms with Gasteiger partial charge in [0.2, 0.25) is 0 Å². The maximum atomic E-state index is 13.9. The van der Waals surface area contributed by atoms with E-state index in [9.17, 15) is 4.39 Å². The molecule has 0 radical (unpaired) electrons. The van der Waals surface area contributed by atoms with Crippen molar-refractivity contribution in [3.63, 3.8) is 0 Å². The molecule has 118 valence electrons. The molecule has 0 bridgehead atoms. The molecule has 0 heterocycles. The third-order valence-corrected chi connectivity index (χ3v) is 3.76. The van der Waals surface area contributed by atoms with Gasteiger partial charge in [-0.2, -0.15) is 0 Å².